The fraction of sp³-hybridized carbons (Fsp3) is 0.190. The van der Waals surface area contributed by atoms with Crippen molar-refractivity contribution in [2.24, 2.45) is 0 Å². The molecule has 0 aliphatic rings. The van der Waals surface area contributed by atoms with E-state index in [4.69, 9.17) is 0 Å². The minimum Gasteiger partial charge on any atom is -0.306 e. The Morgan fingerprint density at radius 1 is 1.15 bits per heavy atom. The van der Waals surface area contributed by atoms with Crippen LogP contribution in [0.1, 0.15) is 29.9 Å². The van der Waals surface area contributed by atoms with Crippen molar-refractivity contribution in [1.29, 1.82) is 0 Å². The van der Waals surface area contributed by atoms with Crippen molar-refractivity contribution >= 4 is 11.0 Å². The highest BCUT2D eigenvalue weighted by Crippen LogP contribution is 2.20. The molecule has 6 nitrogen and oxygen atoms in total. The molecule has 4 rings (SSSR count). The summed E-state index contributed by atoms with van der Waals surface area (Å²) < 4.78 is 1.78. The Morgan fingerprint density at radius 3 is 2.67 bits per heavy atom. The number of nitrogens with zero attached hydrogens (tertiary/aromatic N) is 3. The van der Waals surface area contributed by atoms with Gasteiger partial charge in [-0.15, -0.1) is 0 Å². The summed E-state index contributed by atoms with van der Waals surface area (Å²) in [6.07, 6.45) is 1.77. The number of nitrogens with one attached hydrogen (secondary N) is 2. The van der Waals surface area contributed by atoms with Crippen molar-refractivity contribution in [1.82, 2.24) is 25.1 Å². The molecule has 0 aliphatic carbocycles. The topological polar surface area (TPSA) is 75.6 Å². The van der Waals surface area contributed by atoms with Crippen LogP contribution in [0.3, 0.4) is 0 Å². The van der Waals surface area contributed by atoms with Gasteiger partial charge in [-0.1, -0.05) is 24.3 Å². The number of pyridine rings is 2. The van der Waals surface area contributed by atoms with Crippen molar-refractivity contribution in [2.45, 2.75) is 26.4 Å². The number of aromatic nitrogens is 4. The molecule has 0 aliphatic heterocycles. The first kappa shape index (κ1) is 17.2. The number of aromatic amines is 1. The molecule has 2 N–H and O–H groups in total. The minimum absolute atomic E-state index is 0.0504. The Labute approximate surface area is 156 Å². The maximum absolute atomic E-state index is 12.6. The van der Waals surface area contributed by atoms with Crippen molar-refractivity contribution in [3.8, 4) is 5.69 Å². The Morgan fingerprint density at radius 2 is 1.93 bits per heavy atom. The molecule has 0 saturated heterocycles. The number of hydrogen-bond donors (Lipinski definition) is 2. The number of benzene rings is 1. The van der Waals surface area contributed by atoms with Gasteiger partial charge in [0.2, 0.25) is 0 Å². The van der Waals surface area contributed by atoms with E-state index in [9.17, 15) is 4.79 Å². The number of aryl methyl sites for hydroxylation is 1. The van der Waals surface area contributed by atoms with Gasteiger partial charge in [0, 0.05) is 29.7 Å². The van der Waals surface area contributed by atoms with Gasteiger partial charge in [0.05, 0.1) is 17.1 Å². The van der Waals surface area contributed by atoms with Gasteiger partial charge in [-0.3, -0.25) is 9.78 Å². The van der Waals surface area contributed by atoms with Gasteiger partial charge in [-0.25, -0.2) is 4.68 Å². The van der Waals surface area contributed by atoms with Crippen molar-refractivity contribution in [3.63, 3.8) is 0 Å². The number of fused-ring (bicyclic) bond motifs is 1. The van der Waals surface area contributed by atoms with Gasteiger partial charge in [0.15, 0.2) is 0 Å². The van der Waals surface area contributed by atoms with Crippen LogP contribution >= 0.6 is 0 Å². The van der Waals surface area contributed by atoms with Gasteiger partial charge in [-0.2, -0.15) is 5.10 Å². The Bertz CT molecular complexity index is 1120. The molecule has 3 aromatic heterocycles. The molecule has 0 bridgehead atoms. The predicted molar refractivity (Wildman–Crippen MR) is 106 cm³/mol. The van der Waals surface area contributed by atoms with E-state index in [1.54, 1.807) is 10.9 Å². The molecular weight excluding hydrogens is 338 g/mol. The second kappa shape index (κ2) is 7.17. The molecule has 1 atom stereocenters. The zero-order chi connectivity index (χ0) is 18.8. The third kappa shape index (κ3) is 3.39. The van der Waals surface area contributed by atoms with Gasteiger partial charge >= 0.3 is 0 Å². The van der Waals surface area contributed by atoms with Gasteiger partial charge in [0.1, 0.15) is 5.65 Å². The molecular formula is C21H21N5O. The summed E-state index contributed by atoms with van der Waals surface area (Å²) in [6, 6.07) is 17.6. The zero-order valence-electron chi connectivity index (χ0n) is 15.3. The fourth-order valence-corrected chi connectivity index (χ4v) is 3.15. The highest BCUT2D eigenvalue weighted by molar-refractivity contribution is 5.80. The molecule has 136 valence electrons. The smallest absolute Gasteiger partial charge is 0.254 e. The molecule has 0 saturated carbocycles. The van der Waals surface area contributed by atoms with Crippen molar-refractivity contribution in [3.05, 3.63) is 88.1 Å². The van der Waals surface area contributed by atoms with Crippen LogP contribution in [0.25, 0.3) is 16.7 Å². The lowest BCUT2D eigenvalue weighted by molar-refractivity contribution is 0.559. The van der Waals surface area contributed by atoms with E-state index in [1.807, 2.05) is 68.4 Å². The van der Waals surface area contributed by atoms with Gasteiger partial charge in [-0.05, 0) is 44.2 Å². The second-order valence-corrected chi connectivity index (χ2v) is 6.58. The van der Waals surface area contributed by atoms with E-state index in [0.717, 1.165) is 22.5 Å². The highest BCUT2D eigenvalue weighted by Gasteiger charge is 2.13. The largest absolute Gasteiger partial charge is 0.306 e. The van der Waals surface area contributed by atoms with Crippen LogP contribution in [0.4, 0.5) is 0 Å². The predicted octanol–water partition coefficient (Wildman–Crippen LogP) is 3.27. The minimum atomic E-state index is -0.111. The summed E-state index contributed by atoms with van der Waals surface area (Å²) in [7, 11) is 0. The van der Waals surface area contributed by atoms with Crippen LogP contribution in [-0.4, -0.2) is 19.7 Å². The monoisotopic (exact) mass is 359 g/mol. The lowest BCUT2D eigenvalue weighted by atomic mass is 10.1. The second-order valence-electron chi connectivity index (χ2n) is 6.58. The fourth-order valence-electron chi connectivity index (χ4n) is 3.15. The summed E-state index contributed by atoms with van der Waals surface area (Å²) in [5, 5.41) is 8.92. The van der Waals surface area contributed by atoms with Crippen LogP contribution in [0.5, 0.6) is 0 Å². The molecule has 1 aromatic carbocycles. The molecule has 6 heteroatoms. The Hall–Kier alpha value is -3.25. The highest BCUT2D eigenvalue weighted by atomic mass is 16.1. The average Bonchev–Trinajstić information content (AvgIpc) is 3.03. The third-order valence-corrected chi connectivity index (χ3v) is 4.68. The van der Waals surface area contributed by atoms with Crippen LogP contribution in [0.2, 0.25) is 0 Å². The SMILES string of the molecule is Cc1nn(-c2ccccc2)c2[nH]c(=O)c(CN[C@H](C)c3ccccn3)cc12. The number of rotatable bonds is 5. The van der Waals surface area contributed by atoms with E-state index >= 15 is 0 Å². The summed E-state index contributed by atoms with van der Waals surface area (Å²) in [5.74, 6) is 0. The number of para-hydroxylation sites is 1. The van der Waals surface area contributed by atoms with E-state index in [0.29, 0.717) is 17.8 Å². The molecule has 0 amide bonds. The molecule has 3 heterocycles. The van der Waals surface area contributed by atoms with E-state index in [1.165, 1.54) is 0 Å². The van der Waals surface area contributed by atoms with E-state index in [2.05, 4.69) is 20.4 Å². The summed E-state index contributed by atoms with van der Waals surface area (Å²) in [5.41, 5.74) is 4.03. The van der Waals surface area contributed by atoms with E-state index < -0.39 is 0 Å². The normalized spacial score (nSPS) is 12.4. The quantitative estimate of drug-likeness (QED) is 0.573. The maximum atomic E-state index is 12.6. The van der Waals surface area contributed by atoms with Gasteiger partial charge in [0.25, 0.3) is 5.56 Å². The summed E-state index contributed by atoms with van der Waals surface area (Å²) >= 11 is 0. The molecule has 0 radical (unpaired) electrons. The zero-order valence-corrected chi connectivity index (χ0v) is 15.3. The lowest BCUT2D eigenvalue weighted by Gasteiger charge is -2.13. The molecule has 4 aromatic rings. The molecule has 0 fully saturated rings. The van der Waals surface area contributed by atoms with Crippen LogP contribution in [0.15, 0.2) is 65.6 Å². The number of H-pyrrole nitrogens is 1. The summed E-state index contributed by atoms with van der Waals surface area (Å²) in [6.45, 7) is 4.44. The first-order valence-electron chi connectivity index (χ1n) is 8.95. The lowest BCUT2D eigenvalue weighted by Crippen LogP contribution is -2.24. The first-order valence-corrected chi connectivity index (χ1v) is 8.95. The summed E-state index contributed by atoms with van der Waals surface area (Å²) in [4.78, 5) is 20.0. The van der Waals surface area contributed by atoms with Crippen LogP contribution in [-0.2, 0) is 6.54 Å². The Kier molecular flexibility index (Phi) is 4.56. The van der Waals surface area contributed by atoms with Crippen LogP contribution < -0.4 is 10.9 Å². The van der Waals surface area contributed by atoms with Gasteiger partial charge < -0.3 is 10.3 Å². The molecule has 27 heavy (non-hydrogen) atoms. The Balaban J connectivity index is 1.65. The third-order valence-electron chi connectivity index (χ3n) is 4.68. The average molecular weight is 359 g/mol. The van der Waals surface area contributed by atoms with Crippen molar-refractivity contribution < 1.29 is 0 Å². The number of hydrogen-bond acceptors (Lipinski definition) is 4. The first-order chi connectivity index (χ1) is 13.1. The maximum Gasteiger partial charge on any atom is 0.254 e. The van der Waals surface area contributed by atoms with Crippen LogP contribution in [0, 0.1) is 6.92 Å². The van der Waals surface area contributed by atoms with Crippen molar-refractivity contribution in [2.75, 3.05) is 0 Å². The van der Waals surface area contributed by atoms with E-state index in [-0.39, 0.29) is 11.6 Å². The molecule has 0 unspecified atom stereocenters. The standard InChI is InChI=1S/C21H21N5O/c1-14-18-12-16(13-23-15(2)19-10-6-7-11-22-19)21(27)24-20(18)26(25-14)17-8-4-3-5-9-17/h3-12,15,23H,13H2,1-2H3,(H,24,27)/t15-/m1/s1. The molecule has 0 spiro atoms.